The molecule has 1 fully saturated rings. The van der Waals surface area contributed by atoms with Crippen molar-refractivity contribution in [2.24, 2.45) is 4.99 Å². The van der Waals surface area contributed by atoms with Crippen LogP contribution in [-0.4, -0.2) is 59.7 Å². The summed E-state index contributed by atoms with van der Waals surface area (Å²) < 4.78 is 21.8. The summed E-state index contributed by atoms with van der Waals surface area (Å²) in [6.45, 7) is 3.85. The molecule has 146 valence electrons. The van der Waals surface area contributed by atoms with Crippen LogP contribution in [0.2, 0.25) is 0 Å². The van der Waals surface area contributed by atoms with Gasteiger partial charge in [0.2, 0.25) is 0 Å². The summed E-state index contributed by atoms with van der Waals surface area (Å²) in [5.41, 5.74) is 1.09. The number of benzene rings is 1. The van der Waals surface area contributed by atoms with Gasteiger partial charge < -0.3 is 29.6 Å². The van der Waals surface area contributed by atoms with Crippen molar-refractivity contribution in [1.82, 2.24) is 10.6 Å². The lowest BCUT2D eigenvalue weighted by Gasteiger charge is -2.22. The molecule has 1 aromatic rings. The monoisotopic (exact) mass is 365 g/mol. The maximum atomic E-state index is 5.87. The van der Waals surface area contributed by atoms with E-state index in [4.69, 9.17) is 18.9 Å². The lowest BCUT2D eigenvalue weighted by molar-refractivity contribution is -0.0320. The number of hydrogen-bond donors (Lipinski definition) is 2. The SMILES string of the molecule is CN=C(NCCCOC1CCOCC1)NCc1ccc(OC)c(OC)c1. The molecule has 1 heterocycles. The Morgan fingerprint density at radius 2 is 1.92 bits per heavy atom. The van der Waals surface area contributed by atoms with Crippen LogP contribution >= 0.6 is 0 Å². The minimum atomic E-state index is 0.353. The van der Waals surface area contributed by atoms with Crippen LogP contribution in [0, 0.1) is 0 Å². The van der Waals surface area contributed by atoms with E-state index in [0.29, 0.717) is 12.6 Å². The number of methoxy groups -OCH3 is 2. The second-order valence-corrected chi connectivity index (χ2v) is 6.08. The largest absolute Gasteiger partial charge is 0.493 e. The molecule has 0 aromatic heterocycles. The van der Waals surface area contributed by atoms with E-state index in [2.05, 4.69) is 15.6 Å². The number of nitrogens with zero attached hydrogens (tertiary/aromatic N) is 1. The summed E-state index contributed by atoms with van der Waals surface area (Å²) in [5, 5.41) is 6.61. The highest BCUT2D eigenvalue weighted by molar-refractivity contribution is 5.79. The van der Waals surface area contributed by atoms with Crippen LogP contribution in [0.1, 0.15) is 24.8 Å². The molecule has 0 unspecified atom stereocenters. The van der Waals surface area contributed by atoms with Gasteiger partial charge in [-0.25, -0.2) is 0 Å². The van der Waals surface area contributed by atoms with Gasteiger partial charge in [0, 0.05) is 40.0 Å². The van der Waals surface area contributed by atoms with Crippen molar-refractivity contribution in [3.63, 3.8) is 0 Å². The predicted molar refractivity (Wildman–Crippen MR) is 102 cm³/mol. The Balaban J connectivity index is 1.66. The summed E-state index contributed by atoms with van der Waals surface area (Å²) in [6, 6.07) is 5.86. The molecule has 0 aliphatic carbocycles. The molecule has 7 heteroatoms. The van der Waals surface area contributed by atoms with Gasteiger partial charge in [0.15, 0.2) is 17.5 Å². The van der Waals surface area contributed by atoms with Crippen molar-refractivity contribution in [3.8, 4) is 11.5 Å². The maximum Gasteiger partial charge on any atom is 0.191 e. The fraction of sp³-hybridized carbons (Fsp3) is 0.632. The third-order valence-electron chi connectivity index (χ3n) is 4.27. The Morgan fingerprint density at radius 3 is 2.62 bits per heavy atom. The lowest BCUT2D eigenvalue weighted by Crippen LogP contribution is -2.37. The van der Waals surface area contributed by atoms with Crippen LogP contribution in [0.4, 0.5) is 0 Å². The zero-order valence-electron chi connectivity index (χ0n) is 16.0. The zero-order valence-corrected chi connectivity index (χ0v) is 16.0. The molecular formula is C19H31N3O4. The van der Waals surface area contributed by atoms with E-state index in [9.17, 15) is 0 Å². The Morgan fingerprint density at radius 1 is 1.15 bits per heavy atom. The molecule has 0 spiro atoms. The smallest absolute Gasteiger partial charge is 0.191 e. The quantitative estimate of drug-likeness (QED) is 0.396. The molecule has 0 saturated carbocycles. The van der Waals surface area contributed by atoms with Crippen LogP contribution < -0.4 is 20.1 Å². The molecule has 0 amide bonds. The molecule has 0 radical (unpaired) electrons. The van der Waals surface area contributed by atoms with Gasteiger partial charge in [-0.3, -0.25) is 4.99 Å². The minimum Gasteiger partial charge on any atom is -0.493 e. The summed E-state index contributed by atoms with van der Waals surface area (Å²) >= 11 is 0. The highest BCUT2D eigenvalue weighted by Crippen LogP contribution is 2.27. The second kappa shape index (κ2) is 11.6. The Bertz CT molecular complexity index is 560. The number of guanidine groups is 1. The van der Waals surface area contributed by atoms with Gasteiger partial charge in [-0.05, 0) is 37.0 Å². The van der Waals surface area contributed by atoms with Crippen molar-refractivity contribution in [1.29, 1.82) is 0 Å². The van der Waals surface area contributed by atoms with Crippen LogP contribution in [0.25, 0.3) is 0 Å². The summed E-state index contributed by atoms with van der Waals surface area (Å²) in [4.78, 5) is 4.25. The predicted octanol–water partition coefficient (Wildman–Crippen LogP) is 1.95. The van der Waals surface area contributed by atoms with Crippen molar-refractivity contribution in [3.05, 3.63) is 23.8 Å². The highest BCUT2D eigenvalue weighted by atomic mass is 16.5. The molecule has 0 bridgehead atoms. The number of ether oxygens (including phenoxy) is 4. The molecule has 26 heavy (non-hydrogen) atoms. The molecule has 1 saturated heterocycles. The van der Waals surface area contributed by atoms with Crippen molar-refractivity contribution < 1.29 is 18.9 Å². The van der Waals surface area contributed by atoms with E-state index in [0.717, 1.165) is 68.6 Å². The molecular weight excluding hydrogens is 334 g/mol. The highest BCUT2D eigenvalue weighted by Gasteiger charge is 2.13. The van der Waals surface area contributed by atoms with Gasteiger partial charge in [0.05, 0.1) is 20.3 Å². The van der Waals surface area contributed by atoms with Crippen LogP contribution in [0.3, 0.4) is 0 Å². The van der Waals surface area contributed by atoms with Gasteiger partial charge in [-0.1, -0.05) is 6.07 Å². The molecule has 2 N–H and O–H groups in total. The number of hydrogen-bond acceptors (Lipinski definition) is 5. The average molecular weight is 365 g/mol. The number of aliphatic imine (C=N–C) groups is 1. The Hall–Kier alpha value is -1.99. The molecule has 0 atom stereocenters. The number of nitrogens with one attached hydrogen (secondary N) is 2. The third kappa shape index (κ3) is 6.72. The molecule has 2 rings (SSSR count). The van der Waals surface area contributed by atoms with Gasteiger partial charge in [0.1, 0.15) is 0 Å². The number of rotatable bonds is 9. The fourth-order valence-corrected chi connectivity index (χ4v) is 2.77. The summed E-state index contributed by atoms with van der Waals surface area (Å²) in [7, 11) is 5.04. The van der Waals surface area contributed by atoms with Crippen molar-refractivity contribution in [2.75, 3.05) is 47.6 Å². The maximum absolute atomic E-state index is 5.87. The summed E-state index contributed by atoms with van der Waals surface area (Å²) in [6.07, 6.45) is 3.30. The average Bonchev–Trinajstić information content (AvgIpc) is 2.70. The molecule has 1 aliphatic rings. The van der Waals surface area contributed by atoms with Crippen molar-refractivity contribution in [2.45, 2.75) is 31.9 Å². The first kappa shape index (κ1) is 20.3. The first-order valence-electron chi connectivity index (χ1n) is 9.11. The van der Waals surface area contributed by atoms with Crippen LogP contribution in [0.15, 0.2) is 23.2 Å². The van der Waals surface area contributed by atoms with E-state index >= 15 is 0 Å². The van der Waals surface area contributed by atoms with E-state index in [1.54, 1.807) is 21.3 Å². The van der Waals surface area contributed by atoms with Crippen molar-refractivity contribution >= 4 is 5.96 Å². The van der Waals surface area contributed by atoms with E-state index in [-0.39, 0.29) is 0 Å². The van der Waals surface area contributed by atoms with E-state index < -0.39 is 0 Å². The molecule has 7 nitrogen and oxygen atoms in total. The minimum absolute atomic E-state index is 0.353. The van der Waals surface area contributed by atoms with Gasteiger partial charge in [0.25, 0.3) is 0 Å². The van der Waals surface area contributed by atoms with Gasteiger partial charge in [-0.15, -0.1) is 0 Å². The van der Waals surface area contributed by atoms with Crippen LogP contribution in [-0.2, 0) is 16.0 Å². The topological polar surface area (TPSA) is 73.3 Å². The Kier molecular flexibility index (Phi) is 9.06. The Labute approximate surface area is 156 Å². The second-order valence-electron chi connectivity index (χ2n) is 6.08. The normalized spacial score (nSPS) is 15.6. The van der Waals surface area contributed by atoms with Gasteiger partial charge >= 0.3 is 0 Å². The zero-order chi connectivity index (χ0) is 18.6. The molecule has 1 aromatic carbocycles. The van der Waals surface area contributed by atoms with E-state index in [1.807, 2.05) is 18.2 Å². The van der Waals surface area contributed by atoms with E-state index in [1.165, 1.54) is 0 Å². The summed E-state index contributed by atoms with van der Waals surface area (Å²) in [5.74, 6) is 2.22. The van der Waals surface area contributed by atoms with Gasteiger partial charge in [-0.2, -0.15) is 0 Å². The van der Waals surface area contributed by atoms with Crippen LogP contribution in [0.5, 0.6) is 11.5 Å². The molecule has 1 aliphatic heterocycles. The lowest BCUT2D eigenvalue weighted by atomic mass is 10.1. The first-order valence-corrected chi connectivity index (χ1v) is 9.11. The fourth-order valence-electron chi connectivity index (χ4n) is 2.77. The third-order valence-corrected chi connectivity index (χ3v) is 4.27. The standard InChI is InChI=1S/C19H31N3O4/c1-20-19(21-9-4-10-26-16-7-11-25-12-8-16)22-14-15-5-6-17(23-2)18(13-15)24-3/h5-6,13,16H,4,7-12,14H2,1-3H3,(H2,20,21,22). The first-order chi connectivity index (χ1) is 12.8.